The largest absolute Gasteiger partial charge is 0.444 e. The number of imide groups is 2. The molecule has 1 aliphatic heterocycles. The highest BCUT2D eigenvalue weighted by Gasteiger charge is 2.55. The van der Waals surface area contributed by atoms with Gasteiger partial charge in [-0.3, -0.25) is 0 Å². The lowest BCUT2D eigenvalue weighted by Crippen LogP contribution is -2.62. The highest BCUT2D eigenvalue weighted by Crippen LogP contribution is 2.45. The topological polar surface area (TPSA) is 116 Å². The maximum Gasteiger partial charge on any atom is 0.420 e. The van der Waals surface area contributed by atoms with Crippen LogP contribution in [0.1, 0.15) is 30.4 Å². The number of quaternary nitrogens is 1. The number of nitrogens with two attached hydrogens (primary N) is 1. The number of rotatable bonds is 10. The van der Waals surface area contributed by atoms with Gasteiger partial charge in [-0.1, -0.05) is 72.8 Å². The molecule has 0 bridgehead atoms. The van der Waals surface area contributed by atoms with Gasteiger partial charge in [0.2, 0.25) is 0 Å². The SMILES string of the molecule is C[N+]1(C(=O)[C@H](CCCCN)N(C(=O)OCc2ccccc2)C(=O)OCc2ccccc2)C(=O)Sc2ccccc21. The first kappa shape index (κ1) is 29.0. The van der Waals surface area contributed by atoms with E-state index in [-0.39, 0.29) is 19.6 Å². The second-order valence-electron chi connectivity index (χ2n) is 9.43. The van der Waals surface area contributed by atoms with Crippen molar-refractivity contribution < 1.29 is 28.7 Å². The lowest BCUT2D eigenvalue weighted by atomic mass is 10.1. The fourth-order valence-electron chi connectivity index (χ4n) is 4.46. The zero-order valence-electron chi connectivity index (χ0n) is 22.2. The molecule has 1 unspecified atom stereocenters. The summed E-state index contributed by atoms with van der Waals surface area (Å²) in [5.74, 6) is -0.632. The fourth-order valence-corrected chi connectivity index (χ4v) is 5.52. The molecule has 2 atom stereocenters. The van der Waals surface area contributed by atoms with Crippen LogP contribution in [0.15, 0.2) is 89.8 Å². The third-order valence-corrected chi connectivity index (χ3v) is 7.79. The average molecular weight is 563 g/mol. The lowest BCUT2D eigenvalue weighted by molar-refractivity contribution is -0.131. The van der Waals surface area contributed by atoms with E-state index in [1.165, 1.54) is 7.05 Å². The van der Waals surface area contributed by atoms with E-state index in [0.29, 0.717) is 46.0 Å². The van der Waals surface area contributed by atoms with Crippen molar-refractivity contribution in [2.24, 2.45) is 5.73 Å². The minimum absolute atomic E-state index is 0.0882. The van der Waals surface area contributed by atoms with Gasteiger partial charge < -0.3 is 15.2 Å². The van der Waals surface area contributed by atoms with Crippen LogP contribution in [0.3, 0.4) is 0 Å². The predicted octanol–water partition coefficient (Wildman–Crippen LogP) is 5.85. The first-order valence-corrected chi connectivity index (χ1v) is 13.8. The Kier molecular flexibility index (Phi) is 9.70. The number of unbranched alkanes of at least 4 members (excludes halogenated alkanes) is 1. The van der Waals surface area contributed by atoms with Crippen LogP contribution in [0.2, 0.25) is 0 Å². The molecule has 4 rings (SSSR count). The molecule has 40 heavy (non-hydrogen) atoms. The quantitative estimate of drug-likeness (QED) is 0.242. The third kappa shape index (κ3) is 6.41. The lowest BCUT2D eigenvalue weighted by Gasteiger charge is -2.32. The second kappa shape index (κ2) is 13.4. The predicted molar refractivity (Wildman–Crippen MR) is 152 cm³/mol. The van der Waals surface area contributed by atoms with Gasteiger partial charge in [0.25, 0.3) is 0 Å². The second-order valence-corrected chi connectivity index (χ2v) is 10.4. The number of amides is 4. The number of fused-ring (bicyclic) bond motifs is 1. The average Bonchev–Trinajstić information content (AvgIpc) is 3.25. The Morgan fingerprint density at radius 1 is 0.825 bits per heavy atom. The summed E-state index contributed by atoms with van der Waals surface area (Å²) in [5, 5.41) is -0.426. The van der Waals surface area contributed by atoms with E-state index in [2.05, 4.69) is 0 Å². The molecule has 0 spiro atoms. The van der Waals surface area contributed by atoms with Crippen LogP contribution in [0.25, 0.3) is 0 Å². The van der Waals surface area contributed by atoms with Crippen molar-refractivity contribution in [1.29, 1.82) is 0 Å². The standard InChI is InChI=1S/C30H32N3O6S/c1-33(25-17-8-9-18-26(25)40-30(33)37)27(34)24(16-10-11-19-31)32(28(35)38-20-22-12-4-2-5-13-22)29(36)39-21-23-14-6-3-7-15-23/h2-9,12-15,17-18,24H,10-11,16,19-21,31H2,1H3/q+1/t24-,33?/m0/s1. The number of hydrogen-bond acceptors (Lipinski definition) is 8. The van der Waals surface area contributed by atoms with Gasteiger partial charge in [0.1, 0.15) is 13.2 Å². The molecule has 0 saturated heterocycles. The molecular weight excluding hydrogens is 530 g/mol. The number of benzene rings is 3. The first-order valence-electron chi connectivity index (χ1n) is 13.0. The molecule has 3 aromatic rings. The highest BCUT2D eigenvalue weighted by molar-refractivity contribution is 8.14. The zero-order chi connectivity index (χ0) is 28.5. The van der Waals surface area contributed by atoms with Gasteiger partial charge in [-0.2, -0.15) is 9.38 Å². The number of carbonyl (C=O) groups is 4. The highest BCUT2D eigenvalue weighted by atomic mass is 32.2. The Labute approximate surface area is 237 Å². The van der Waals surface area contributed by atoms with Gasteiger partial charge in [0.15, 0.2) is 11.7 Å². The maximum atomic E-state index is 14.3. The minimum atomic E-state index is -1.33. The summed E-state index contributed by atoms with van der Waals surface area (Å²) >= 11 is 0.957. The number of likely N-dealkylation sites (N-methyl/N-ethyl adjacent to an activating group) is 1. The molecule has 9 nitrogen and oxygen atoms in total. The van der Waals surface area contributed by atoms with Gasteiger partial charge in [-0.15, -0.1) is 0 Å². The van der Waals surface area contributed by atoms with Crippen LogP contribution in [0.4, 0.5) is 20.1 Å². The van der Waals surface area contributed by atoms with Crippen molar-refractivity contribution in [3.05, 3.63) is 96.1 Å². The van der Waals surface area contributed by atoms with E-state index in [0.717, 1.165) is 11.8 Å². The summed E-state index contributed by atoms with van der Waals surface area (Å²) in [6, 6.07) is 23.6. The molecule has 0 radical (unpaired) electrons. The Morgan fingerprint density at radius 3 is 1.90 bits per heavy atom. The van der Waals surface area contributed by atoms with E-state index >= 15 is 0 Å². The smallest absolute Gasteiger partial charge is 0.420 e. The molecule has 0 aromatic heterocycles. The molecule has 4 amide bonds. The summed E-state index contributed by atoms with van der Waals surface area (Å²) in [6.07, 6.45) is -0.993. The fraction of sp³-hybridized carbons (Fsp3) is 0.267. The van der Waals surface area contributed by atoms with Crippen LogP contribution >= 0.6 is 11.8 Å². The monoisotopic (exact) mass is 562 g/mol. The van der Waals surface area contributed by atoms with E-state index in [1.807, 2.05) is 12.1 Å². The van der Waals surface area contributed by atoms with Gasteiger partial charge in [0, 0.05) is 17.8 Å². The number of thioether (sulfide) groups is 1. The Bertz CT molecular complexity index is 1300. The maximum absolute atomic E-state index is 14.3. The summed E-state index contributed by atoms with van der Waals surface area (Å²) in [4.78, 5) is 55.9. The number of carbonyl (C=O) groups excluding carboxylic acids is 4. The van der Waals surface area contributed by atoms with Crippen molar-refractivity contribution in [2.45, 2.75) is 43.4 Å². The van der Waals surface area contributed by atoms with Crippen LogP contribution in [0, 0.1) is 0 Å². The number of ether oxygens (including phenoxy) is 2. The summed E-state index contributed by atoms with van der Waals surface area (Å²) in [7, 11) is 1.49. The Morgan fingerprint density at radius 2 is 1.35 bits per heavy atom. The van der Waals surface area contributed by atoms with E-state index < -0.39 is 33.9 Å². The number of para-hydroxylation sites is 1. The molecule has 0 saturated carbocycles. The molecule has 0 fully saturated rings. The van der Waals surface area contributed by atoms with E-state index in [4.69, 9.17) is 15.2 Å². The normalized spacial score (nSPS) is 16.6. The van der Waals surface area contributed by atoms with Crippen LogP contribution in [-0.2, 0) is 27.5 Å². The van der Waals surface area contributed by atoms with Gasteiger partial charge in [-0.25, -0.2) is 19.2 Å². The number of hydrogen-bond donors (Lipinski definition) is 1. The molecule has 1 aliphatic rings. The van der Waals surface area contributed by atoms with Crippen LogP contribution in [-0.4, -0.2) is 47.9 Å². The molecule has 10 heteroatoms. The van der Waals surface area contributed by atoms with Crippen LogP contribution in [0.5, 0.6) is 0 Å². The zero-order valence-corrected chi connectivity index (χ0v) is 23.0. The van der Waals surface area contributed by atoms with E-state index in [1.54, 1.807) is 72.8 Å². The van der Waals surface area contributed by atoms with Crippen molar-refractivity contribution in [1.82, 2.24) is 9.38 Å². The molecule has 2 N–H and O–H groups in total. The van der Waals surface area contributed by atoms with Crippen molar-refractivity contribution in [3.63, 3.8) is 0 Å². The van der Waals surface area contributed by atoms with Crippen molar-refractivity contribution in [2.75, 3.05) is 13.6 Å². The third-order valence-electron chi connectivity index (χ3n) is 6.68. The van der Waals surface area contributed by atoms with Crippen LogP contribution < -0.4 is 10.2 Å². The van der Waals surface area contributed by atoms with Gasteiger partial charge in [-0.05, 0) is 43.0 Å². The summed E-state index contributed by atoms with van der Waals surface area (Å²) < 4.78 is 10.3. The molecule has 1 heterocycles. The molecule has 3 aromatic carbocycles. The molecular formula is C30H32N3O6S+. The van der Waals surface area contributed by atoms with Gasteiger partial charge >= 0.3 is 23.3 Å². The number of nitrogens with zero attached hydrogens (tertiary/aromatic N) is 2. The minimum Gasteiger partial charge on any atom is -0.444 e. The Balaban J connectivity index is 1.67. The first-order chi connectivity index (χ1) is 19.4. The molecule has 0 aliphatic carbocycles. The van der Waals surface area contributed by atoms with Crippen molar-refractivity contribution >= 4 is 40.8 Å². The van der Waals surface area contributed by atoms with E-state index in [9.17, 15) is 19.2 Å². The molecule has 208 valence electrons. The van der Waals surface area contributed by atoms with Crippen molar-refractivity contribution in [3.8, 4) is 0 Å². The van der Waals surface area contributed by atoms with Gasteiger partial charge in [0.05, 0.1) is 11.9 Å². The summed E-state index contributed by atoms with van der Waals surface area (Å²) in [5.41, 5.74) is 7.60. The Hall–Kier alpha value is -3.99. The summed E-state index contributed by atoms with van der Waals surface area (Å²) in [6.45, 7) is 0.132.